The van der Waals surface area contributed by atoms with Gasteiger partial charge >= 0.3 is 0 Å². The molecular weight excluding hydrogens is 178 g/mol. The quantitative estimate of drug-likeness (QED) is 0.740. The molecule has 1 aliphatic rings. The lowest BCUT2D eigenvalue weighted by molar-refractivity contribution is -0.0916. The molecule has 14 heavy (non-hydrogen) atoms. The number of nitrogens with zero attached hydrogens (tertiary/aromatic N) is 2. The Bertz CT molecular complexity index is 353. The summed E-state index contributed by atoms with van der Waals surface area (Å²) in [6.45, 7) is 0.808. The van der Waals surface area contributed by atoms with Gasteiger partial charge in [0.25, 0.3) is 0 Å². The molecule has 1 atom stereocenters. The van der Waals surface area contributed by atoms with Crippen LogP contribution in [-0.4, -0.2) is 18.2 Å². The molecular formula is C10H11N3O. The zero-order valence-electron chi connectivity index (χ0n) is 7.68. The highest BCUT2D eigenvalue weighted by Crippen LogP contribution is 2.37. The zero-order valence-corrected chi connectivity index (χ0v) is 7.68. The second-order valence-corrected chi connectivity index (χ2v) is 3.49. The molecule has 0 bridgehead atoms. The minimum atomic E-state index is -0.575. The van der Waals surface area contributed by atoms with E-state index >= 15 is 0 Å². The first-order valence-electron chi connectivity index (χ1n) is 4.44. The van der Waals surface area contributed by atoms with Crippen LogP contribution >= 0.6 is 0 Å². The third kappa shape index (κ3) is 1.27. The molecule has 2 rings (SSSR count). The van der Waals surface area contributed by atoms with Crippen LogP contribution < -0.4 is 5.73 Å². The van der Waals surface area contributed by atoms with Crippen molar-refractivity contribution in [2.45, 2.75) is 6.04 Å². The Morgan fingerprint density at radius 2 is 2.36 bits per heavy atom. The van der Waals surface area contributed by atoms with Crippen LogP contribution in [0, 0.1) is 16.7 Å². The molecule has 1 aromatic heterocycles. The van der Waals surface area contributed by atoms with Crippen molar-refractivity contribution < 1.29 is 4.74 Å². The summed E-state index contributed by atoms with van der Waals surface area (Å²) in [6, 6.07) is 7.39. The molecule has 72 valence electrons. The van der Waals surface area contributed by atoms with Gasteiger partial charge in [0.2, 0.25) is 0 Å². The standard InChI is InChI=1S/C10H11N3O/c11-5-10(6-14-7-10)9(12)8-3-1-2-4-13-8/h1-4,9H,6-7,12H2. The van der Waals surface area contributed by atoms with Gasteiger partial charge in [-0.1, -0.05) is 6.07 Å². The monoisotopic (exact) mass is 189 g/mol. The molecule has 2 N–H and O–H groups in total. The fraction of sp³-hybridized carbons (Fsp3) is 0.400. The van der Waals surface area contributed by atoms with Gasteiger partial charge in [-0.3, -0.25) is 4.98 Å². The van der Waals surface area contributed by atoms with Crippen LogP contribution in [0.5, 0.6) is 0 Å². The number of ether oxygens (including phenoxy) is 1. The van der Waals surface area contributed by atoms with Crippen molar-refractivity contribution in [1.82, 2.24) is 4.98 Å². The smallest absolute Gasteiger partial charge is 0.124 e. The van der Waals surface area contributed by atoms with Crippen LogP contribution in [-0.2, 0) is 4.74 Å². The van der Waals surface area contributed by atoms with Gasteiger partial charge in [0.1, 0.15) is 5.41 Å². The Morgan fingerprint density at radius 3 is 2.79 bits per heavy atom. The molecule has 0 amide bonds. The molecule has 1 aliphatic heterocycles. The summed E-state index contributed by atoms with van der Waals surface area (Å²) in [5.41, 5.74) is 6.15. The largest absolute Gasteiger partial charge is 0.378 e. The van der Waals surface area contributed by atoms with Crippen LogP contribution in [0.3, 0.4) is 0 Å². The fourth-order valence-corrected chi connectivity index (χ4v) is 1.48. The van der Waals surface area contributed by atoms with Gasteiger partial charge < -0.3 is 10.5 Å². The van der Waals surface area contributed by atoms with Crippen molar-refractivity contribution in [2.75, 3.05) is 13.2 Å². The maximum atomic E-state index is 9.03. The molecule has 1 aromatic rings. The minimum absolute atomic E-state index is 0.359. The Kier molecular flexibility index (Phi) is 2.20. The summed E-state index contributed by atoms with van der Waals surface area (Å²) >= 11 is 0. The van der Waals surface area contributed by atoms with Gasteiger partial charge in [0.15, 0.2) is 0 Å². The second-order valence-electron chi connectivity index (χ2n) is 3.49. The third-order valence-corrected chi connectivity index (χ3v) is 2.54. The SMILES string of the molecule is N#CC1(C(N)c2ccccn2)COC1. The second kappa shape index (κ2) is 3.37. The van der Waals surface area contributed by atoms with Crippen molar-refractivity contribution in [1.29, 1.82) is 5.26 Å². The van der Waals surface area contributed by atoms with Gasteiger partial charge in [-0.15, -0.1) is 0 Å². The van der Waals surface area contributed by atoms with Crippen molar-refractivity contribution in [3.8, 4) is 6.07 Å². The predicted octanol–water partition coefficient (Wildman–Crippen LogP) is 0.622. The molecule has 0 aromatic carbocycles. The van der Waals surface area contributed by atoms with E-state index in [0.29, 0.717) is 13.2 Å². The fourth-order valence-electron chi connectivity index (χ4n) is 1.48. The number of pyridine rings is 1. The summed E-state index contributed by atoms with van der Waals surface area (Å²) < 4.78 is 5.04. The molecule has 1 fully saturated rings. The first kappa shape index (κ1) is 9.13. The van der Waals surface area contributed by atoms with E-state index in [1.165, 1.54) is 0 Å². The number of aromatic nitrogens is 1. The van der Waals surface area contributed by atoms with E-state index in [0.717, 1.165) is 5.69 Å². The van der Waals surface area contributed by atoms with Gasteiger partial charge in [-0.05, 0) is 12.1 Å². The molecule has 1 unspecified atom stereocenters. The number of hydrogen-bond donors (Lipinski definition) is 1. The Labute approximate surface area is 82.3 Å². The lowest BCUT2D eigenvalue weighted by Crippen LogP contribution is -2.49. The zero-order chi connectivity index (χ0) is 10.0. The number of nitriles is 1. The van der Waals surface area contributed by atoms with E-state index < -0.39 is 5.41 Å². The molecule has 0 saturated carbocycles. The summed E-state index contributed by atoms with van der Waals surface area (Å²) in [5, 5.41) is 9.03. The lowest BCUT2D eigenvalue weighted by Gasteiger charge is -2.39. The maximum absolute atomic E-state index is 9.03. The third-order valence-electron chi connectivity index (χ3n) is 2.54. The summed E-state index contributed by atoms with van der Waals surface area (Å²) in [5.74, 6) is 0. The van der Waals surface area contributed by atoms with Gasteiger partial charge in [0.05, 0.1) is 31.0 Å². The Morgan fingerprint density at radius 1 is 1.57 bits per heavy atom. The number of rotatable bonds is 2. The number of hydrogen-bond acceptors (Lipinski definition) is 4. The molecule has 1 saturated heterocycles. The maximum Gasteiger partial charge on any atom is 0.124 e. The van der Waals surface area contributed by atoms with Crippen LogP contribution in [0.2, 0.25) is 0 Å². The van der Waals surface area contributed by atoms with Crippen molar-refractivity contribution in [3.63, 3.8) is 0 Å². The molecule has 2 heterocycles. The van der Waals surface area contributed by atoms with Gasteiger partial charge in [0, 0.05) is 6.20 Å². The van der Waals surface area contributed by atoms with E-state index in [2.05, 4.69) is 11.1 Å². The normalized spacial score (nSPS) is 20.6. The first-order valence-corrected chi connectivity index (χ1v) is 4.44. The van der Waals surface area contributed by atoms with Gasteiger partial charge in [-0.25, -0.2) is 0 Å². The van der Waals surface area contributed by atoms with Crippen LogP contribution in [0.4, 0.5) is 0 Å². The molecule has 0 aliphatic carbocycles. The van der Waals surface area contributed by atoms with Crippen molar-refractivity contribution in [2.24, 2.45) is 11.1 Å². The topological polar surface area (TPSA) is 71.9 Å². The minimum Gasteiger partial charge on any atom is -0.378 e. The first-order chi connectivity index (χ1) is 6.78. The average molecular weight is 189 g/mol. The Balaban J connectivity index is 2.24. The predicted molar refractivity (Wildman–Crippen MR) is 50.0 cm³/mol. The summed E-state index contributed by atoms with van der Waals surface area (Å²) in [6.07, 6.45) is 1.68. The summed E-state index contributed by atoms with van der Waals surface area (Å²) in [4.78, 5) is 4.14. The van der Waals surface area contributed by atoms with Crippen LogP contribution in [0.1, 0.15) is 11.7 Å². The summed E-state index contributed by atoms with van der Waals surface area (Å²) in [7, 11) is 0. The number of nitrogens with two attached hydrogens (primary N) is 1. The van der Waals surface area contributed by atoms with E-state index in [9.17, 15) is 0 Å². The highest BCUT2D eigenvalue weighted by atomic mass is 16.5. The van der Waals surface area contributed by atoms with Crippen molar-refractivity contribution in [3.05, 3.63) is 30.1 Å². The van der Waals surface area contributed by atoms with Gasteiger partial charge in [-0.2, -0.15) is 5.26 Å². The van der Waals surface area contributed by atoms with Crippen LogP contribution in [0.15, 0.2) is 24.4 Å². The molecule has 0 spiro atoms. The average Bonchev–Trinajstić information content (AvgIpc) is 2.18. The lowest BCUT2D eigenvalue weighted by atomic mass is 9.78. The van der Waals surface area contributed by atoms with E-state index in [1.54, 1.807) is 6.20 Å². The van der Waals surface area contributed by atoms with E-state index in [1.807, 2.05) is 18.2 Å². The Hall–Kier alpha value is -1.44. The van der Waals surface area contributed by atoms with Crippen molar-refractivity contribution >= 4 is 0 Å². The molecule has 4 heteroatoms. The van der Waals surface area contributed by atoms with E-state index in [4.69, 9.17) is 15.7 Å². The molecule has 0 radical (unpaired) electrons. The van der Waals surface area contributed by atoms with E-state index in [-0.39, 0.29) is 6.04 Å². The van der Waals surface area contributed by atoms with Crippen LogP contribution in [0.25, 0.3) is 0 Å². The highest BCUT2D eigenvalue weighted by Gasteiger charge is 2.45. The highest BCUT2D eigenvalue weighted by molar-refractivity contribution is 5.20. The molecule has 4 nitrogen and oxygen atoms in total.